The van der Waals surface area contributed by atoms with E-state index in [1.165, 1.54) is 27.6 Å². The molecular formula is C23H28Cl2N2O3S. The van der Waals surface area contributed by atoms with Gasteiger partial charge in [-0.1, -0.05) is 35.3 Å². The third-order valence-electron chi connectivity index (χ3n) is 6.04. The molecule has 0 aromatic heterocycles. The van der Waals surface area contributed by atoms with Gasteiger partial charge in [0, 0.05) is 24.0 Å². The van der Waals surface area contributed by atoms with Gasteiger partial charge in [-0.25, -0.2) is 8.42 Å². The van der Waals surface area contributed by atoms with Crippen LogP contribution in [0.15, 0.2) is 35.2 Å². The number of carbonyl (C=O) groups is 1. The van der Waals surface area contributed by atoms with Crippen molar-refractivity contribution >= 4 is 39.1 Å². The van der Waals surface area contributed by atoms with Gasteiger partial charge in [0.2, 0.25) is 15.9 Å². The largest absolute Gasteiger partial charge is 0.349 e. The highest BCUT2D eigenvalue weighted by Gasteiger charge is 2.33. The molecular weight excluding hydrogens is 455 g/mol. The highest BCUT2D eigenvalue weighted by molar-refractivity contribution is 7.89. The van der Waals surface area contributed by atoms with Gasteiger partial charge in [0.1, 0.15) is 4.90 Å². The topological polar surface area (TPSA) is 66.5 Å². The molecule has 1 amide bonds. The molecule has 3 rings (SSSR count). The standard InChI is InChI=1S/C23H28Cl2N2O3S/c1-14-11-16(3)20(12-15(14)2)17(4)26-23(28)18-7-9-27(10-8-18)31(29,30)22-13-19(24)5-6-21(22)25/h5-6,11-13,17-18H,7-10H2,1-4H3,(H,26,28)/t17-/m0/s1. The number of benzene rings is 2. The molecule has 0 bridgehead atoms. The van der Waals surface area contributed by atoms with Gasteiger partial charge < -0.3 is 5.32 Å². The minimum atomic E-state index is -3.76. The number of amides is 1. The summed E-state index contributed by atoms with van der Waals surface area (Å²) in [6.07, 6.45) is 0.920. The summed E-state index contributed by atoms with van der Waals surface area (Å²) in [7, 11) is -3.76. The summed E-state index contributed by atoms with van der Waals surface area (Å²) in [5.41, 5.74) is 4.68. The van der Waals surface area contributed by atoms with Crippen LogP contribution in [-0.4, -0.2) is 31.7 Å². The Morgan fingerprint density at radius 2 is 1.65 bits per heavy atom. The summed E-state index contributed by atoms with van der Waals surface area (Å²) in [6.45, 7) is 8.70. The molecule has 0 spiro atoms. The molecule has 1 N–H and O–H groups in total. The lowest BCUT2D eigenvalue weighted by Gasteiger charge is -2.31. The SMILES string of the molecule is Cc1cc(C)c([C@H](C)NC(=O)C2CCN(S(=O)(=O)c3cc(Cl)ccc3Cl)CC2)cc1C. The van der Waals surface area contributed by atoms with Crippen LogP contribution >= 0.6 is 23.2 Å². The lowest BCUT2D eigenvalue weighted by Crippen LogP contribution is -2.43. The number of halogens is 2. The Balaban J connectivity index is 1.65. The van der Waals surface area contributed by atoms with Gasteiger partial charge in [-0.05, 0) is 81.0 Å². The number of hydrogen-bond donors (Lipinski definition) is 1. The van der Waals surface area contributed by atoms with Crippen LogP contribution in [0.2, 0.25) is 10.0 Å². The van der Waals surface area contributed by atoms with Crippen molar-refractivity contribution < 1.29 is 13.2 Å². The lowest BCUT2D eigenvalue weighted by atomic mass is 9.94. The minimum absolute atomic E-state index is 0.00315. The molecule has 1 aliphatic rings. The predicted molar refractivity (Wildman–Crippen MR) is 125 cm³/mol. The van der Waals surface area contributed by atoms with Gasteiger partial charge in [-0.2, -0.15) is 4.31 Å². The summed E-state index contributed by atoms with van der Waals surface area (Å²) >= 11 is 12.1. The number of carbonyl (C=O) groups excluding carboxylic acids is 1. The molecule has 0 aliphatic carbocycles. The maximum absolute atomic E-state index is 13.0. The lowest BCUT2D eigenvalue weighted by molar-refractivity contribution is -0.126. The minimum Gasteiger partial charge on any atom is -0.349 e. The fourth-order valence-electron chi connectivity index (χ4n) is 4.03. The number of hydrogen-bond acceptors (Lipinski definition) is 3. The number of rotatable bonds is 5. The van der Waals surface area contributed by atoms with Gasteiger partial charge in [0.05, 0.1) is 11.1 Å². The van der Waals surface area contributed by atoms with Crippen molar-refractivity contribution in [2.24, 2.45) is 5.92 Å². The van der Waals surface area contributed by atoms with Gasteiger partial charge in [-0.15, -0.1) is 0 Å². The normalized spacial score (nSPS) is 16.8. The van der Waals surface area contributed by atoms with Crippen molar-refractivity contribution in [1.82, 2.24) is 9.62 Å². The first-order chi connectivity index (χ1) is 14.5. The van der Waals surface area contributed by atoms with Gasteiger partial charge in [0.25, 0.3) is 0 Å². The van der Waals surface area contributed by atoms with Crippen LogP contribution in [-0.2, 0) is 14.8 Å². The first-order valence-corrected chi connectivity index (χ1v) is 12.5. The smallest absolute Gasteiger partial charge is 0.244 e. The number of aryl methyl sites for hydroxylation is 3. The van der Waals surface area contributed by atoms with Crippen LogP contribution in [0.4, 0.5) is 0 Å². The van der Waals surface area contributed by atoms with E-state index < -0.39 is 10.0 Å². The van der Waals surface area contributed by atoms with Crippen LogP contribution in [0.3, 0.4) is 0 Å². The van der Waals surface area contributed by atoms with Gasteiger partial charge in [-0.3, -0.25) is 4.79 Å². The second-order valence-electron chi connectivity index (χ2n) is 8.28. The van der Waals surface area contributed by atoms with E-state index in [9.17, 15) is 13.2 Å². The van der Waals surface area contributed by atoms with Crippen LogP contribution in [0, 0.1) is 26.7 Å². The average molecular weight is 483 g/mol. The summed E-state index contributed by atoms with van der Waals surface area (Å²) in [5.74, 6) is -0.265. The molecule has 2 aromatic rings. The van der Waals surface area contributed by atoms with E-state index in [-0.39, 0.29) is 40.9 Å². The zero-order valence-corrected chi connectivity index (χ0v) is 20.5. The maximum atomic E-state index is 13.0. The zero-order valence-electron chi connectivity index (χ0n) is 18.2. The van der Waals surface area contributed by atoms with Crippen LogP contribution in [0.5, 0.6) is 0 Å². The van der Waals surface area contributed by atoms with E-state index in [0.717, 1.165) is 11.1 Å². The quantitative estimate of drug-likeness (QED) is 0.636. The van der Waals surface area contributed by atoms with E-state index in [2.05, 4.69) is 38.2 Å². The molecule has 1 heterocycles. The second-order valence-corrected chi connectivity index (χ2v) is 11.0. The molecule has 0 saturated carbocycles. The van der Waals surface area contributed by atoms with E-state index in [1.54, 1.807) is 6.07 Å². The Kier molecular flexibility index (Phi) is 7.36. The van der Waals surface area contributed by atoms with Crippen LogP contribution in [0.25, 0.3) is 0 Å². The van der Waals surface area contributed by atoms with Crippen molar-refractivity contribution in [3.05, 3.63) is 62.6 Å². The zero-order chi connectivity index (χ0) is 22.9. The summed E-state index contributed by atoms with van der Waals surface area (Å²) in [5, 5.41) is 3.56. The first-order valence-electron chi connectivity index (χ1n) is 10.3. The Hall–Kier alpha value is -1.60. The third-order valence-corrected chi connectivity index (χ3v) is 8.66. The molecule has 0 radical (unpaired) electrons. The monoisotopic (exact) mass is 482 g/mol. The molecule has 8 heteroatoms. The molecule has 2 aromatic carbocycles. The highest BCUT2D eigenvalue weighted by atomic mass is 35.5. The molecule has 1 saturated heterocycles. The van der Waals surface area contributed by atoms with E-state index in [1.807, 2.05) is 6.92 Å². The van der Waals surface area contributed by atoms with E-state index in [4.69, 9.17) is 23.2 Å². The number of piperidine rings is 1. The number of nitrogens with zero attached hydrogens (tertiary/aromatic N) is 1. The van der Waals surface area contributed by atoms with E-state index >= 15 is 0 Å². The Morgan fingerprint density at radius 3 is 2.29 bits per heavy atom. The van der Waals surface area contributed by atoms with Crippen molar-refractivity contribution in [2.45, 2.75) is 51.5 Å². The van der Waals surface area contributed by atoms with Crippen molar-refractivity contribution in [2.75, 3.05) is 13.1 Å². The molecule has 1 fully saturated rings. The summed E-state index contributed by atoms with van der Waals surface area (Å²) in [4.78, 5) is 12.9. The number of sulfonamides is 1. The molecule has 1 atom stereocenters. The predicted octanol–water partition coefficient (Wildman–Crippen LogP) is 5.20. The van der Waals surface area contributed by atoms with Crippen molar-refractivity contribution in [1.29, 1.82) is 0 Å². The molecule has 5 nitrogen and oxygen atoms in total. The van der Waals surface area contributed by atoms with E-state index in [0.29, 0.717) is 17.9 Å². The third kappa shape index (κ3) is 5.25. The van der Waals surface area contributed by atoms with Gasteiger partial charge >= 0.3 is 0 Å². The fraction of sp³-hybridized carbons (Fsp3) is 0.435. The first kappa shape index (κ1) is 24.1. The Labute approximate surface area is 194 Å². The van der Waals surface area contributed by atoms with Crippen LogP contribution in [0.1, 0.15) is 48.1 Å². The average Bonchev–Trinajstić information content (AvgIpc) is 2.72. The molecule has 1 aliphatic heterocycles. The summed E-state index contributed by atoms with van der Waals surface area (Å²) < 4.78 is 27.3. The maximum Gasteiger partial charge on any atom is 0.244 e. The summed E-state index contributed by atoms with van der Waals surface area (Å²) in [6, 6.07) is 8.55. The highest BCUT2D eigenvalue weighted by Crippen LogP contribution is 2.31. The Bertz CT molecular complexity index is 1090. The Morgan fingerprint density at radius 1 is 1.03 bits per heavy atom. The van der Waals surface area contributed by atoms with Crippen molar-refractivity contribution in [3.63, 3.8) is 0 Å². The van der Waals surface area contributed by atoms with Gasteiger partial charge in [0.15, 0.2) is 0 Å². The second kappa shape index (κ2) is 9.49. The van der Waals surface area contributed by atoms with Crippen molar-refractivity contribution in [3.8, 4) is 0 Å². The fourth-order valence-corrected chi connectivity index (χ4v) is 6.24. The molecule has 31 heavy (non-hydrogen) atoms. The molecule has 0 unspecified atom stereocenters. The molecule has 168 valence electrons. The number of nitrogens with one attached hydrogen (secondary N) is 1. The van der Waals surface area contributed by atoms with Crippen LogP contribution < -0.4 is 5.32 Å².